The maximum atomic E-state index is 12.1. The van der Waals surface area contributed by atoms with E-state index in [0.717, 1.165) is 5.69 Å². The van der Waals surface area contributed by atoms with Crippen LogP contribution >= 0.6 is 0 Å². The zero-order valence-electron chi connectivity index (χ0n) is 14.9. The topological polar surface area (TPSA) is 67.4 Å². The minimum absolute atomic E-state index is 0.0735. The molecule has 1 aromatic rings. The number of carbonyl (C=O) groups excluding carboxylic acids is 2. The van der Waals surface area contributed by atoms with E-state index < -0.39 is 0 Å². The molecule has 0 saturated heterocycles. The lowest BCUT2D eigenvalue weighted by Crippen LogP contribution is -2.42. The summed E-state index contributed by atoms with van der Waals surface area (Å²) in [7, 11) is 1.34. The number of anilines is 1. The van der Waals surface area contributed by atoms with Gasteiger partial charge in [0.1, 0.15) is 0 Å². The van der Waals surface area contributed by atoms with Gasteiger partial charge in [0.25, 0.3) is 0 Å². The van der Waals surface area contributed by atoms with E-state index >= 15 is 0 Å². The monoisotopic (exact) mass is 320 g/mol. The van der Waals surface area contributed by atoms with E-state index in [9.17, 15) is 9.59 Å². The van der Waals surface area contributed by atoms with Crippen LogP contribution in [-0.4, -0.2) is 25.2 Å². The van der Waals surface area contributed by atoms with Crippen LogP contribution in [-0.2, 0) is 14.9 Å². The van der Waals surface area contributed by atoms with Crippen molar-refractivity contribution in [2.24, 2.45) is 5.92 Å². The van der Waals surface area contributed by atoms with Crippen molar-refractivity contribution in [1.82, 2.24) is 5.32 Å². The molecule has 0 spiro atoms. The number of benzene rings is 1. The van der Waals surface area contributed by atoms with Gasteiger partial charge in [0.2, 0.25) is 0 Å². The first kappa shape index (κ1) is 19.0. The number of carbonyl (C=O) groups is 2. The van der Waals surface area contributed by atoms with E-state index in [1.165, 1.54) is 12.7 Å². The lowest BCUT2D eigenvalue weighted by Gasteiger charge is -2.22. The fraction of sp³-hybridized carbons (Fsp3) is 0.556. The average molecular weight is 320 g/mol. The van der Waals surface area contributed by atoms with E-state index in [-0.39, 0.29) is 35.8 Å². The Bertz CT molecular complexity index is 530. The molecule has 2 N–H and O–H groups in total. The number of hydrogen-bond acceptors (Lipinski definition) is 3. The zero-order chi connectivity index (χ0) is 17.6. The minimum atomic E-state index is -0.335. The first-order valence-corrected chi connectivity index (χ1v) is 7.88. The highest BCUT2D eigenvalue weighted by molar-refractivity contribution is 5.89. The second-order valence-electron chi connectivity index (χ2n) is 7.06. The molecule has 1 rings (SSSR count). The summed E-state index contributed by atoms with van der Waals surface area (Å²) in [6.45, 7) is 10.3. The van der Waals surface area contributed by atoms with Gasteiger partial charge in [0, 0.05) is 11.7 Å². The fourth-order valence-corrected chi connectivity index (χ4v) is 2.11. The van der Waals surface area contributed by atoms with Gasteiger partial charge in [-0.2, -0.15) is 0 Å². The lowest BCUT2D eigenvalue weighted by atomic mass is 9.87. The molecule has 23 heavy (non-hydrogen) atoms. The summed E-state index contributed by atoms with van der Waals surface area (Å²) in [6.07, 6.45) is 0.157. The molecule has 0 saturated carbocycles. The van der Waals surface area contributed by atoms with Crippen molar-refractivity contribution >= 4 is 17.7 Å². The highest BCUT2D eigenvalue weighted by Gasteiger charge is 2.20. The number of ether oxygens (including phenoxy) is 1. The number of nitrogens with one attached hydrogen (secondary N) is 2. The molecular weight excluding hydrogens is 292 g/mol. The highest BCUT2D eigenvalue weighted by atomic mass is 16.5. The Morgan fingerprint density at radius 1 is 1.13 bits per heavy atom. The average Bonchev–Trinajstić information content (AvgIpc) is 2.45. The maximum absolute atomic E-state index is 12.1. The first-order valence-electron chi connectivity index (χ1n) is 7.88. The van der Waals surface area contributed by atoms with E-state index in [1.54, 1.807) is 0 Å². The van der Waals surface area contributed by atoms with Crippen molar-refractivity contribution in [2.75, 3.05) is 12.4 Å². The summed E-state index contributed by atoms with van der Waals surface area (Å²) >= 11 is 0. The third-order valence-corrected chi connectivity index (χ3v) is 3.74. The predicted octanol–water partition coefficient (Wildman–Crippen LogP) is 3.69. The van der Waals surface area contributed by atoms with Crippen molar-refractivity contribution in [3.8, 4) is 0 Å². The third kappa shape index (κ3) is 6.30. The van der Waals surface area contributed by atoms with E-state index in [1.807, 2.05) is 38.1 Å². The van der Waals surface area contributed by atoms with E-state index in [2.05, 4.69) is 36.1 Å². The second-order valence-corrected chi connectivity index (χ2v) is 7.06. The molecule has 0 aliphatic rings. The minimum Gasteiger partial charge on any atom is -0.469 e. The van der Waals surface area contributed by atoms with Gasteiger partial charge in [0.15, 0.2) is 0 Å². The van der Waals surface area contributed by atoms with Gasteiger partial charge >= 0.3 is 12.0 Å². The molecule has 0 bridgehead atoms. The number of esters is 1. The first-order chi connectivity index (χ1) is 10.6. The molecule has 2 amide bonds. The normalized spacial score (nSPS) is 12.7. The van der Waals surface area contributed by atoms with Crippen molar-refractivity contribution in [3.05, 3.63) is 29.8 Å². The zero-order valence-corrected chi connectivity index (χ0v) is 14.9. The van der Waals surface area contributed by atoms with Gasteiger partial charge < -0.3 is 15.4 Å². The molecule has 5 heteroatoms. The maximum Gasteiger partial charge on any atom is 0.319 e. The molecule has 0 aliphatic carbocycles. The van der Waals surface area contributed by atoms with Gasteiger partial charge in [-0.3, -0.25) is 4.79 Å². The van der Waals surface area contributed by atoms with Gasteiger partial charge in [-0.25, -0.2) is 4.79 Å². The fourth-order valence-electron chi connectivity index (χ4n) is 2.11. The number of urea groups is 1. The van der Waals surface area contributed by atoms with Crippen LogP contribution < -0.4 is 10.6 Å². The highest BCUT2D eigenvalue weighted by Crippen LogP contribution is 2.23. The largest absolute Gasteiger partial charge is 0.469 e. The Kier molecular flexibility index (Phi) is 6.61. The van der Waals surface area contributed by atoms with Crippen molar-refractivity contribution < 1.29 is 14.3 Å². The summed E-state index contributed by atoms with van der Waals surface area (Å²) < 4.78 is 4.67. The molecule has 1 atom stereocenters. The summed E-state index contributed by atoms with van der Waals surface area (Å²) in [6, 6.07) is 7.18. The summed E-state index contributed by atoms with van der Waals surface area (Å²) in [5.41, 5.74) is 2.00. The van der Waals surface area contributed by atoms with Crippen LogP contribution in [0.1, 0.15) is 46.6 Å². The van der Waals surface area contributed by atoms with Gasteiger partial charge in [0.05, 0.1) is 13.5 Å². The third-order valence-electron chi connectivity index (χ3n) is 3.74. The van der Waals surface area contributed by atoms with E-state index in [0.29, 0.717) is 0 Å². The molecule has 1 aromatic carbocycles. The Morgan fingerprint density at radius 2 is 1.70 bits per heavy atom. The number of rotatable bonds is 5. The summed E-state index contributed by atoms with van der Waals surface area (Å²) in [5, 5.41) is 5.62. The summed E-state index contributed by atoms with van der Waals surface area (Å²) in [5.74, 6) is -0.207. The van der Waals surface area contributed by atoms with Crippen LogP contribution in [0.3, 0.4) is 0 Å². The van der Waals surface area contributed by atoms with E-state index in [4.69, 9.17) is 0 Å². The Labute approximate surface area is 138 Å². The smallest absolute Gasteiger partial charge is 0.319 e. The number of hydrogen-bond donors (Lipinski definition) is 2. The molecule has 128 valence electrons. The van der Waals surface area contributed by atoms with Crippen molar-refractivity contribution in [2.45, 2.75) is 52.5 Å². The van der Waals surface area contributed by atoms with Crippen LogP contribution in [0, 0.1) is 5.92 Å². The van der Waals surface area contributed by atoms with Crippen molar-refractivity contribution in [1.29, 1.82) is 0 Å². The van der Waals surface area contributed by atoms with Crippen LogP contribution in [0.25, 0.3) is 0 Å². The van der Waals surface area contributed by atoms with Crippen molar-refractivity contribution in [3.63, 3.8) is 0 Å². The van der Waals surface area contributed by atoms with Gasteiger partial charge in [-0.05, 0) is 29.0 Å². The molecule has 0 heterocycles. The SMILES string of the molecule is COC(=O)CC(NC(=O)Nc1ccc(C(C)(C)C)cc1)C(C)C. The number of methoxy groups -OCH3 is 1. The predicted molar refractivity (Wildman–Crippen MR) is 92.6 cm³/mol. The Morgan fingerprint density at radius 3 is 2.13 bits per heavy atom. The molecular formula is C18H28N2O3. The molecule has 0 fully saturated rings. The molecule has 1 unspecified atom stereocenters. The Balaban J connectivity index is 2.66. The van der Waals surface area contributed by atoms with Gasteiger partial charge in [-0.1, -0.05) is 46.8 Å². The number of amides is 2. The second kappa shape index (κ2) is 7.99. The van der Waals surface area contributed by atoms with Crippen LogP contribution in [0.2, 0.25) is 0 Å². The quantitative estimate of drug-likeness (QED) is 0.813. The molecule has 0 aromatic heterocycles. The molecule has 5 nitrogen and oxygen atoms in total. The van der Waals surface area contributed by atoms with Gasteiger partial charge in [-0.15, -0.1) is 0 Å². The Hall–Kier alpha value is -2.04. The molecule has 0 radical (unpaired) electrons. The lowest BCUT2D eigenvalue weighted by molar-refractivity contribution is -0.141. The standard InChI is InChI=1S/C18H28N2O3/c1-12(2)15(11-16(21)23-6)20-17(22)19-14-9-7-13(8-10-14)18(3,4)5/h7-10,12,15H,11H2,1-6H3,(H2,19,20,22). The van der Waals surface area contributed by atoms with Crippen LogP contribution in [0.15, 0.2) is 24.3 Å². The van der Waals surface area contributed by atoms with Crippen LogP contribution in [0.5, 0.6) is 0 Å². The summed E-state index contributed by atoms with van der Waals surface area (Å²) in [4.78, 5) is 23.5. The van der Waals surface area contributed by atoms with Crippen LogP contribution in [0.4, 0.5) is 10.5 Å². The molecule has 0 aliphatic heterocycles.